The summed E-state index contributed by atoms with van der Waals surface area (Å²) in [5, 5.41) is 12.0. The molecule has 0 saturated carbocycles. The number of hydrogen-bond acceptors (Lipinski definition) is 10. The Bertz CT molecular complexity index is 843. The number of nitrogens with one attached hydrogen (secondary N) is 4. The van der Waals surface area contributed by atoms with Crippen molar-refractivity contribution in [2.75, 3.05) is 64.2 Å². The van der Waals surface area contributed by atoms with Gasteiger partial charge in [0.1, 0.15) is 0 Å². The number of esters is 1. The summed E-state index contributed by atoms with van der Waals surface area (Å²) in [7, 11) is -3.09. The van der Waals surface area contributed by atoms with E-state index in [2.05, 4.69) is 80.5 Å². The second kappa shape index (κ2) is 31.9. The van der Waals surface area contributed by atoms with Crippen LogP contribution >= 0.6 is 24.4 Å². The van der Waals surface area contributed by atoms with Crippen molar-refractivity contribution in [3.8, 4) is 0 Å². The van der Waals surface area contributed by atoms with E-state index in [9.17, 15) is 14.4 Å². The Morgan fingerprint density at radius 1 is 0.755 bits per heavy atom. The van der Waals surface area contributed by atoms with Crippen LogP contribution in [0.1, 0.15) is 79.6 Å². The molecule has 292 valence electrons. The van der Waals surface area contributed by atoms with Gasteiger partial charge in [0, 0.05) is 43.2 Å². The van der Waals surface area contributed by atoms with Crippen LogP contribution in [0.5, 0.6) is 0 Å². The van der Waals surface area contributed by atoms with E-state index in [0.29, 0.717) is 70.2 Å². The topological polar surface area (TPSA) is 136 Å². The molecule has 3 atom stereocenters. The Morgan fingerprint density at radius 3 is 1.92 bits per heavy atom. The van der Waals surface area contributed by atoms with Crippen LogP contribution in [-0.2, 0) is 23.1 Å². The molecule has 11 nitrogen and oxygen atoms in total. The highest BCUT2D eigenvalue weighted by molar-refractivity contribution is 8.13. The number of carbonyl (C=O) groups excluding carboxylic acids is 3. The second-order valence-corrected chi connectivity index (χ2v) is 24.6. The molecule has 15 heteroatoms. The maximum absolute atomic E-state index is 11.9. The van der Waals surface area contributed by atoms with Crippen LogP contribution in [0.25, 0.3) is 0 Å². The number of hydrogen-bond donors (Lipinski definition) is 5. The average Bonchev–Trinajstić information content (AvgIpc) is 3.03. The van der Waals surface area contributed by atoms with Gasteiger partial charge in [-0.3, -0.25) is 9.59 Å². The van der Waals surface area contributed by atoms with Gasteiger partial charge >= 0.3 is 12.0 Å². The summed E-state index contributed by atoms with van der Waals surface area (Å²) >= 11 is 5.29. The Labute approximate surface area is 311 Å². The first-order chi connectivity index (χ1) is 23.1. The van der Waals surface area contributed by atoms with Crippen molar-refractivity contribution in [3.63, 3.8) is 0 Å². The molecule has 0 heterocycles. The molecular formula is C34H74N4O7S2Si2. The molecule has 0 aliphatic carbocycles. The Balaban J connectivity index is 0. The maximum Gasteiger partial charge on any atom is 0.314 e. The molecule has 0 aromatic rings. The van der Waals surface area contributed by atoms with Gasteiger partial charge in [0.25, 0.3) is 5.24 Å². The van der Waals surface area contributed by atoms with Crippen LogP contribution in [-0.4, -0.2) is 110 Å². The fourth-order valence-electron chi connectivity index (χ4n) is 4.30. The molecule has 0 spiro atoms. The van der Waals surface area contributed by atoms with Gasteiger partial charge < -0.3 is 39.6 Å². The van der Waals surface area contributed by atoms with Crippen LogP contribution in [0.3, 0.4) is 0 Å². The van der Waals surface area contributed by atoms with Crippen molar-refractivity contribution in [3.05, 3.63) is 0 Å². The molecule has 0 aliphatic rings. The summed E-state index contributed by atoms with van der Waals surface area (Å²) in [6.45, 7) is 26.3. The number of ether oxygens (including phenoxy) is 3. The van der Waals surface area contributed by atoms with E-state index in [1.54, 1.807) is 0 Å². The highest BCUT2D eigenvalue weighted by atomic mass is 32.2. The van der Waals surface area contributed by atoms with Crippen LogP contribution in [0.2, 0.25) is 38.8 Å². The lowest BCUT2D eigenvalue weighted by atomic mass is 10.1. The molecule has 0 rings (SSSR count). The van der Waals surface area contributed by atoms with E-state index < -0.39 is 16.6 Å². The zero-order chi connectivity index (χ0) is 37.6. The smallest absolute Gasteiger partial charge is 0.314 e. The highest BCUT2D eigenvalue weighted by Gasteiger charge is 2.29. The molecule has 3 amide bonds. The number of thioether (sulfide) groups is 1. The van der Waals surface area contributed by atoms with Gasteiger partial charge in [-0.15, -0.1) is 0 Å². The third-order valence-corrected chi connectivity index (χ3v) is 14.4. The van der Waals surface area contributed by atoms with Gasteiger partial charge in [-0.05, 0) is 84.7 Å². The summed E-state index contributed by atoms with van der Waals surface area (Å²) in [6, 6.07) is 1.60. The van der Waals surface area contributed by atoms with Crippen molar-refractivity contribution in [1.82, 2.24) is 21.3 Å². The van der Waals surface area contributed by atoms with Crippen molar-refractivity contribution in [1.29, 1.82) is 0 Å². The van der Waals surface area contributed by atoms with E-state index in [0.717, 1.165) is 51.0 Å². The monoisotopic (exact) mass is 770 g/mol. The van der Waals surface area contributed by atoms with Crippen LogP contribution < -0.4 is 21.3 Å². The van der Waals surface area contributed by atoms with Crippen molar-refractivity contribution in [2.24, 2.45) is 5.92 Å². The number of urea groups is 1. The van der Waals surface area contributed by atoms with Crippen molar-refractivity contribution in [2.45, 2.75) is 130 Å². The Kier molecular flexibility index (Phi) is 32.7. The predicted molar refractivity (Wildman–Crippen MR) is 215 cm³/mol. The summed E-state index contributed by atoms with van der Waals surface area (Å²) in [4.78, 5) is 35.1. The van der Waals surface area contributed by atoms with E-state index >= 15 is 0 Å². The second-order valence-electron chi connectivity index (χ2n) is 14.0. The van der Waals surface area contributed by atoms with Crippen LogP contribution in [0.4, 0.5) is 9.59 Å². The molecule has 0 aliphatic heterocycles. The Hall–Kier alpha value is -0.816. The van der Waals surface area contributed by atoms with Gasteiger partial charge in [-0.25, -0.2) is 4.79 Å². The molecule has 49 heavy (non-hydrogen) atoms. The van der Waals surface area contributed by atoms with Gasteiger partial charge in [-0.2, -0.15) is 12.6 Å². The summed E-state index contributed by atoms with van der Waals surface area (Å²) in [5.41, 5.74) is 0. The molecule has 0 bridgehead atoms. The number of amides is 3. The van der Waals surface area contributed by atoms with Gasteiger partial charge in [0.2, 0.25) is 0 Å². The third kappa shape index (κ3) is 36.8. The number of thiol groups is 1. The molecule has 4 N–H and O–H groups in total. The van der Waals surface area contributed by atoms with Gasteiger partial charge in [0.05, 0.1) is 39.0 Å². The van der Waals surface area contributed by atoms with E-state index in [1.807, 2.05) is 20.8 Å². The van der Waals surface area contributed by atoms with Crippen molar-refractivity contribution < 1.29 is 32.7 Å². The first-order valence-electron chi connectivity index (χ1n) is 18.4. The number of carbonyl (C=O) groups is 3. The fourth-order valence-corrected chi connectivity index (χ4v) is 13.1. The summed E-state index contributed by atoms with van der Waals surface area (Å²) < 4.78 is 22.3. The lowest BCUT2D eigenvalue weighted by molar-refractivity contribution is -0.147. The van der Waals surface area contributed by atoms with Gasteiger partial charge in [-0.1, -0.05) is 45.4 Å². The van der Waals surface area contributed by atoms with Gasteiger partial charge in [0.15, 0.2) is 16.6 Å². The SMILES string of the molecule is CCC(C)NC(=O)NCCCCCCNC(=O)SCCOCCOCCS.CCC(C)NCC(C)C(=O)OCCC[Si](C)(C)O[Si](C)(C)C. The minimum Gasteiger partial charge on any atom is -0.465 e. The molecule has 0 aromatic heterocycles. The molecular weight excluding hydrogens is 697 g/mol. The largest absolute Gasteiger partial charge is 0.465 e. The maximum atomic E-state index is 11.9. The standard InChI is InChI=1S/C18H37N3O4S2.C16H37NO3Si2/c1-3-16(2)21-17(22)19-8-6-4-5-7-9-20-18(23)27-15-13-25-11-10-24-12-14-26;1-9-15(3)17-13-14(2)16(18)19-11-10-12-22(7,8)20-21(4,5)6/h16,26H,3-15H2,1-2H3,(H,20,23)(H2,19,21,22);14-15,17H,9-13H2,1-8H3. The molecule has 0 radical (unpaired) electrons. The fraction of sp³-hybridized carbons (Fsp3) is 0.912. The molecule has 0 aromatic carbocycles. The average molecular weight is 771 g/mol. The lowest BCUT2D eigenvalue weighted by Gasteiger charge is -2.31. The summed E-state index contributed by atoms with van der Waals surface area (Å²) in [5.74, 6) is 1.17. The first-order valence-corrected chi connectivity index (χ1v) is 26.5. The quantitative estimate of drug-likeness (QED) is 0.0246. The third-order valence-electron chi connectivity index (χ3n) is 7.25. The molecule has 3 unspecified atom stereocenters. The van der Waals surface area contributed by atoms with Crippen LogP contribution in [0, 0.1) is 5.92 Å². The highest BCUT2D eigenvalue weighted by Crippen LogP contribution is 2.20. The summed E-state index contributed by atoms with van der Waals surface area (Å²) in [6.07, 6.45) is 6.87. The number of rotatable bonds is 28. The van der Waals surface area contributed by atoms with Crippen LogP contribution in [0.15, 0.2) is 0 Å². The van der Waals surface area contributed by atoms with E-state index in [4.69, 9.17) is 18.3 Å². The van der Waals surface area contributed by atoms with E-state index in [1.165, 1.54) is 11.8 Å². The molecule has 0 fully saturated rings. The predicted octanol–water partition coefficient (Wildman–Crippen LogP) is 7.05. The first kappa shape index (κ1) is 50.3. The normalized spacial score (nSPS) is 13.4. The zero-order valence-corrected chi connectivity index (χ0v) is 36.4. The zero-order valence-electron chi connectivity index (χ0n) is 32.7. The number of unbranched alkanes of at least 4 members (excludes halogenated alkanes) is 3. The minimum atomic E-state index is -1.61. The van der Waals surface area contributed by atoms with E-state index in [-0.39, 0.29) is 29.2 Å². The lowest BCUT2D eigenvalue weighted by Crippen LogP contribution is -2.42. The Morgan fingerprint density at radius 2 is 1.35 bits per heavy atom. The molecule has 0 saturated heterocycles. The minimum absolute atomic E-state index is 0.00620. The van der Waals surface area contributed by atoms with Crippen molar-refractivity contribution >= 4 is 58.3 Å².